The lowest BCUT2D eigenvalue weighted by molar-refractivity contribution is 0.193. The van der Waals surface area contributed by atoms with Gasteiger partial charge in [0.2, 0.25) is 5.95 Å². The molecule has 1 unspecified atom stereocenters. The molecule has 146 valence electrons. The molecule has 1 aliphatic heterocycles. The predicted molar refractivity (Wildman–Crippen MR) is 107 cm³/mol. The molecule has 1 atom stereocenters. The summed E-state index contributed by atoms with van der Waals surface area (Å²) in [6.45, 7) is 5.97. The molecule has 0 spiro atoms. The van der Waals surface area contributed by atoms with Crippen LogP contribution in [-0.2, 0) is 26.2 Å². The molecule has 3 heterocycles. The number of aromatic nitrogens is 4. The van der Waals surface area contributed by atoms with E-state index in [4.69, 9.17) is 0 Å². The van der Waals surface area contributed by atoms with E-state index in [0.717, 1.165) is 49.6 Å². The zero-order valence-corrected chi connectivity index (χ0v) is 16.1. The Hall–Kier alpha value is -2.77. The Morgan fingerprint density at radius 2 is 1.89 bits per heavy atom. The van der Waals surface area contributed by atoms with Crippen molar-refractivity contribution in [2.75, 3.05) is 11.9 Å². The quantitative estimate of drug-likeness (QED) is 0.687. The zero-order valence-electron chi connectivity index (χ0n) is 16.1. The number of hydrogen-bond acceptors (Lipinski definition) is 6. The molecular formula is C21H26N6O. The number of benzene rings is 1. The third-order valence-electron chi connectivity index (χ3n) is 4.95. The van der Waals surface area contributed by atoms with Crippen molar-refractivity contribution in [1.29, 1.82) is 0 Å². The Morgan fingerprint density at radius 3 is 2.64 bits per heavy atom. The standard InChI is InChI=1S/C21H26N6O/c1-16(28)20-10-19-15-26(8-5-9-27(19)25-20)14-18-12-23-21(24-13-18)22-11-17-6-3-2-4-7-17/h2-4,6-7,10,12-13,16,28H,5,8-9,11,14-15H2,1H3,(H,22,23,24). The van der Waals surface area contributed by atoms with Crippen LogP contribution in [0.4, 0.5) is 5.95 Å². The lowest BCUT2D eigenvalue weighted by atomic mass is 10.2. The molecule has 2 N–H and O–H groups in total. The monoisotopic (exact) mass is 378 g/mol. The van der Waals surface area contributed by atoms with E-state index in [-0.39, 0.29) is 0 Å². The van der Waals surface area contributed by atoms with Gasteiger partial charge in [-0.1, -0.05) is 30.3 Å². The first-order chi connectivity index (χ1) is 13.7. The molecule has 4 rings (SSSR count). The van der Waals surface area contributed by atoms with Crippen molar-refractivity contribution in [2.24, 2.45) is 0 Å². The summed E-state index contributed by atoms with van der Waals surface area (Å²) in [5, 5.41) is 17.5. The summed E-state index contributed by atoms with van der Waals surface area (Å²) in [5.74, 6) is 0.642. The molecule has 7 heteroatoms. The molecule has 0 fully saturated rings. The third-order valence-corrected chi connectivity index (χ3v) is 4.95. The summed E-state index contributed by atoms with van der Waals surface area (Å²) < 4.78 is 2.02. The summed E-state index contributed by atoms with van der Waals surface area (Å²) in [7, 11) is 0. The van der Waals surface area contributed by atoms with Crippen LogP contribution in [-0.4, -0.2) is 36.3 Å². The fourth-order valence-electron chi connectivity index (χ4n) is 3.45. The van der Waals surface area contributed by atoms with Gasteiger partial charge < -0.3 is 10.4 Å². The summed E-state index contributed by atoms with van der Waals surface area (Å²) in [4.78, 5) is 11.3. The molecular weight excluding hydrogens is 352 g/mol. The number of aliphatic hydroxyl groups is 1. The first-order valence-electron chi connectivity index (χ1n) is 9.73. The molecule has 0 radical (unpaired) electrons. The number of hydrogen-bond donors (Lipinski definition) is 2. The van der Waals surface area contributed by atoms with Gasteiger partial charge >= 0.3 is 0 Å². The Morgan fingerprint density at radius 1 is 1.11 bits per heavy atom. The molecule has 0 bridgehead atoms. The molecule has 0 aliphatic carbocycles. The fraction of sp³-hybridized carbons (Fsp3) is 0.381. The van der Waals surface area contributed by atoms with E-state index in [1.165, 1.54) is 5.56 Å². The topological polar surface area (TPSA) is 79.1 Å². The van der Waals surface area contributed by atoms with E-state index < -0.39 is 6.10 Å². The lowest BCUT2D eigenvalue weighted by Crippen LogP contribution is -2.23. The number of aliphatic hydroxyl groups excluding tert-OH is 1. The van der Waals surface area contributed by atoms with Gasteiger partial charge in [0.15, 0.2) is 0 Å². The molecule has 2 aromatic heterocycles. The molecule has 1 aliphatic rings. The van der Waals surface area contributed by atoms with E-state index in [1.54, 1.807) is 6.92 Å². The maximum Gasteiger partial charge on any atom is 0.222 e. The maximum absolute atomic E-state index is 9.77. The number of anilines is 1. The number of nitrogens with one attached hydrogen (secondary N) is 1. The minimum Gasteiger partial charge on any atom is -0.387 e. The molecule has 28 heavy (non-hydrogen) atoms. The van der Waals surface area contributed by atoms with Gasteiger partial charge in [-0.3, -0.25) is 9.58 Å². The van der Waals surface area contributed by atoms with E-state index >= 15 is 0 Å². The van der Waals surface area contributed by atoms with Gasteiger partial charge in [0.25, 0.3) is 0 Å². The van der Waals surface area contributed by atoms with Gasteiger partial charge in [-0.05, 0) is 25.0 Å². The minimum atomic E-state index is -0.530. The number of nitrogens with zero attached hydrogens (tertiary/aromatic N) is 5. The van der Waals surface area contributed by atoms with Crippen LogP contribution in [0.2, 0.25) is 0 Å². The van der Waals surface area contributed by atoms with Gasteiger partial charge in [-0.15, -0.1) is 0 Å². The number of aryl methyl sites for hydroxylation is 1. The second-order valence-corrected chi connectivity index (χ2v) is 7.28. The highest BCUT2D eigenvalue weighted by Crippen LogP contribution is 2.19. The summed E-state index contributed by atoms with van der Waals surface area (Å²) in [5.41, 5.74) is 4.19. The van der Waals surface area contributed by atoms with E-state index in [9.17, 15) is 5.11 Å². The molecule has 0 amide bonds. The highest BCUT2D eigenvalue weighted by molar-refractivity contribution is 5.28. The van der Waals surface area contributed by atoms with E-state index in [0.29, 0.717) is 12.5 Å². The second kappa shape index (κ2) is 8.50. The first-order valence-corrected chi connectivity index (χ1v) is 9.73. The largest absolute Gasteiger partial charge is 0.387 e. The molecule has 0 saturated carbocycles. The van der Waals surface area contributed by atoms with Crippen molar-refractivity contribution < 1.29 is 5.11 Å². The van der Waals surface area contributed by atoms with Gasteiger partial charge in [-0.25, -0.2) is 9.97 Å². The lowest BCUT2D eigenvalue weighted by Gasteiger charge is -2.19. The van der Waals surface area contributed by atoms with Gasteiger partial charge in [0.1, 0.15) is 0 Å². The third kappa shape index (κ3) is 4.55. The highest BCUT2D eigenvalue weighted by Gasteiger charge is 2.18. The molecule has 7 nitrogen and oxygen atoms in total. The summed E-state index contributed by atoms with van der Waals surface area (Å²) in [6, 6.07) is 12.2. The number of fused-ring (bicyclic) bond motifs is 1. The summed E-state index contributed by atoms with van der Waals surface area (Å²) >= 11 is 0. The van der Waals surface area contributed by atoms with Gasteiger partial charge in [0.05, 0.1) is 17.5 Å². The Labute approximate surface area is 165 Å². The van der Waals surface area contributed by atoms with Crippen LogP contribution in [0.25, 0.3) is 0 Å². The van der Waals surface area contributed by atoms with Crippen LogP contribution in [0.15, 0.2) is 48.8 Å². The average Bonchev–Trinajstić information content (AvgIpc) is 3.02. The van der Waals surface area contributed by atoms with Crippen LogP contribution < -0.4 is 5.32 Å². The maximum atomic E-state index is 9.77. The van der Waals surface area contributed by atoms with Crippen molar-refractivity contribution in [2.45, 2.75) is 45.6 Å². The van der Waals surface area contributed by atoms with Gasteiger partial charge in [0, 0.05) is 50.7 Å². The Balaban J connectivity index is 1.35. The van der Waals surface area contributed by atoms with Crippen LogP contribution in [0.1, 0.15) is 42.0 Å². The van der Waals surface area contributed by atoms with Crippen LogP contribution in [0.3, 0.4) is 0 Å². The van der Waals surface area contributed by atoms with Crippen molar-refractivity contribution in [1.82, 2.24) is 24.6 Å². The Bertz CT molecular complexity index is 891. The van der Waals surface area contributed by atoms with Crippen LogP contribution in [0, 0.1) is 0 Å². The van der Waals surface area contributed by atoms with E-state index in [1.807, 2.05) is 41.3 Å². The minimum absolute atomic E-state index is 0.530. The van der Waals surface area contributed by atoms with Crippen molar-refractivity contribution in [3.63, 3.8) is 0 Å². The first kappa shape index (κ1) is 18.6. The second-order valence-electron chi connectivity index (χ2n) is 7.28. The Kier molecular flexibility index (Phi) is 5.64. The molecule has 1 aromatic carbocycles. The average molecular weight is 378 g/mol. The van der Waals surface area contributed by atoms with Gasteiger partial charge in [-0.2, -0.15) is 5.10 Å². The smallest absolute Gasteiger partial charge is 0.222 e. The molecule has 0 saturated heterocycles. The van der Waals surface area contributed by atoms with Crippen molar-refractivity contribution >= 4 is 5.95 Å². The SMILES string of the molecule is CC(O)c1cc2n(n1)CCCN(Cc1cnc(NCc3ccccc3)nc1)C2. The summed E-state index contributed by atoms with van der Waals surface area (Å²) in [6.07, 6.45) is 4.29. The van der Waals surface area contributed by atoms with Crippen LogP contribution in [0.5, 0.6) is 0 Å². The molecule has 3 aromatic rings. The zero-order chi connectivity index (χ0) is 19.3. The predicted octanol–water partition coefficient (Wildman–Crippen LogP) is 2.74. The highest BCUT2D eigenvalue weighted by atomic mass is 16.3. The fourth-order valence-corrected chi connectivity index (χ4v) is 3.45. The van der Waals surface area contributed by atoms with Crippen molar-refractivity contribution in [3.05, 3.63) is 71.3 Å². The van der Waals surface area contributed by atoms with Crippen molar-refractivity contribution in [3.8, 4) is 0 Å². The van der Waals surface area contributed by atoms with Crippen LogP contribution >= 0.6 is 0 Å². The van der Waals surface area contributed by atoms with E-state index in [2.05, 4.69) is 37.4 Å². The normalized spacial score (nSPS) is 15.6. The number of rotatable bonds is 6.